The summed E-state index contributed by atoms with van der Waals surface area (Å²) in [5.41, 5.74) is -0.359. The third kappa shape index (κ3) is 4.32. The van der Waals surface area contributed by atoms with E-state index in [4.69, 9.17) is 0 Å². The van der Waals surface area contributed by atoms with Gasteiger partial charge in [-0.25, -0.2) is 8.78 Å². The minimum atomic E-state index is -2.75. The minimum absolute atomic E-state index is 0.00250. The summed E-state index contributed by atoms with van der Waals surface area (Å²) < 4.78 is 30.3. The molecule has 2 amide bonds. The van der Waals surface area contributed by atoms with E-state index in [9.17, 15) is 28.3 Å². The van der Waals surface area contributed by atoms with E-state index < -0.39 is 35.4 Å². The molecule has 35 heavy (non-hydrogen) atoms. The first-order valence-electron chi connectivity index (χ1n) is 12.1. The van der Waals surface area contributed by atoms with Gasteiger partial charge in [-0.3, -0.25) is 19.0 Å². The molecule has 2 N–H and O–H groups in total. The van der Waals surface area contributed by atoms with Crippen LogP contribution in [0.3, 0.4) is 0 Å². The molecular formula is C24H29F2N5O4. The van der Waals surface area contributed by atoms with Gasteiger partial charge in [0, 0.05) is 49.2 Å². The zero-order chi connectivity index (χ0) is 25.1. The highest BCUT2D eigenvalue weighted by Crippen LogP contribution is 2.43. The molecule has 11 heteroatoms. The van der Waals surface area contributed by atoms with Crippen LogP contribution >= 0.6 is 0 Å². The van der Waals surface area contributed by atoms with E-state index >= 15 is 0 Å². The summed E-state index contributed by atoms with van der Waals surface area (Å²) >= 11 is 0. The van der Waals surface area contributed by atoms with Crippen molar-refractivity contribution in [1.29, 1.82) is 0 Å². The number of aromatic hydroxyl groups is 1. The van der Waals surface area contributed by atoms with Gasteiger partial charge in [0.1, 0.15) is 5.65 Å². The molecule has 5 rings (SSSR count). The zero-order valence-corrected chi connectivity index (χ0v) is 19.7. The van der Waals surface area contributed by atoms with Crippen LogP contribution < -0.4 is 10.9 Å². The Hall–Kier alpha value is -3.24. The van der Waals surface area contributed by atoms with Crippen molar-refractivity contribution >= 4 is 23.5 Å². The molecule has 2 unspecified atom stereocenters. The van der Waals surface area contributed by atoms with E-state index in [1.54, 1.807) is 4.90 Å². The summed E-state index contributed by atoms with van der Waals surface area (Å²) in [6.45, 7) is 4.09. The van der Waals surface area contributed by atoms with Crippen LogP contribution in [0.15, 0.2) is 17.1 Å². The van der Waals surface area contributed by atoms with Crippen molar-refractivity contribution in [3.8, 4) is 5.88 Å². The predicted octanol–water partition coefficient (Wildman–Crippen LogP) is 2.55. The number of carbonyl (C=O) groups excluding carboxylic acids is 2. The van der Waals surface area contributed by atoms with Crippen molar-refractivity contribution in [2.45, 2.75) is 83.0 Å². The predicted molar refractivity (Wildman–Crippen MR) is 123 cm³/mol. The van der Waals surface area contributed by atoms with Gasteiger partial charge < -0.3 is 15.3 Å². The Balaban J connectivity index is 1.50. The molecule has 3 fully saturated rings. The lowest BCUT2D eigenvalue weighted by Crippen LogP contribution is -2.49. The van der Waals surface area contributed by atoms with E-state index in [2.05, 4.69) is 10.4 Å². The van der Waals surface area contributed by atoms with Crippen molar-refractivity contribution in [2.75, 3.05) is 0 Å². The highest BCUT2D eigenvalue weighted by atomic mass is 19.3. The monoisotopic (exact) mass is 489 g/mol. The second-order valence-corrected chi connectivity index (χ2v) is 10.3. The number of rotatable bonds is 6. The molecule has 2 bridgehead atoms. The molecule has 0 spiro atoms. The molecule has 188 valence electrons. The lowest BCUT2D eigenvalue weighted by Gasteiger charge is -2.38. The number of carbonyl (C=O) groups is 2. The summed E-state index contributed by atoms with van der Waals surface area (Å²) in [7, 11) is 0. The van der Waals surface area contributed by atoms with Gasteiger partial charge >= 0.3 is 0 Å². The van der Waals surface area contributed by atoms with E-state index in [-0.39, 0.29) is 48.5 Å². The quantitative estimate of drug-likeness (QED) is 0.607. The van der Waals surface area contributed by atoms with Crippen molar-refractivity contribution < 1.29 is 23.5 Å². The fourth-order valence-corrected chi connectivity index (χ4v) is 5.29. The van der Waals surface area contributed by atoms with Gasteiger partial charge in [-0.2, -0.15) is 9.61 Å². The standard InChI is InChI=1S/C24H29F2N5O4/c1-13(2)12-29-21-14(3-8-18(32)30-16-6-7-17(30)10-24(25,26)9-16)11-27-31(21)23(35)19(22(29)34)20(33)28-15-4-5-15/h3,8,11,13,15-17,35H,4-7,9-10,12H2,1-2H3,(H,28,33)/b8-3+. The van der Waals surface area contributed by atoms with Crippen molar-refractivity contribution in [2.24, 2.45) is 5.92 Å². The maximum Gasteiger partial charge on any atom is 0.270 e. The maximum atomic E-state index is 13.9. The first kappa shape index (κ1) is 23.5. The first-order chi connectivity index (χ1) is 16.6. The molecule has 0 aromatic carbocycles. The third-order valence-corrected chi connectivity index (χ3v) is 6.95. The SMILES string of the molecule is CC(C)Cn1c(=O)c(C(=O)NC2CC2)c(O)n2ncc(/C=C/C(=O)N3C4CCC3CC(F)(F)C4)c12. The Morgan fingerprint density at radius 1 is 1.23 bits per heavy atom. The lowest BCUT2D eigenvalue weighted by atomic mass is 9.98. The number of nitrogens with one attached hydrogen (secondary N) is 1. The van der Waals surface area contributed by atoms with Gasteiger partial charge in [0.15, 0.2) is 5.56 Å². The van der Waals surface area contributed by atoms with Crippen LogP contribution in [0.1, 0.15) is 68.3 Å². The highest BCUT2D eigenvalue weighted by molar-refractivity contribution is 5.97. The van der Waals surface area contributed by atoms with Gasteiger partial charge in [-0.1, -0.05) is 13.8 Å². The van der Waals surface area contributed by atoms with Crippen LogP contribution in [0, 0.1) is 5.92 Å². The average Bonchev–Trinajstić information content (AvgIpc) is 3.39. The number of aromatic nitrogens is 3. The molecule has 4 heterocycles. The van der Waals surface area contributed by atoms with Crippen LogP contribution in [0.2, 0.25) is 0 Å². The Labute approximate surface area is 200 Å². The molecule has 2 saturated heterocycles. The first-order valence-corrected chi connectivity index (χ1v) is 12.1. The molecule has 1 saturated carbocycles. The molecule has 2 aliphatic heterocycles. The Morgan fingerprint density at radius 2 is 1.89 bits per heavy atom. The number of fused-ring (bicyclic) bond motifs is 3. The molecule has 0 radical (unpaired) electrons. The van der Waals surface area contributed by atoms with Crippen molar-refractivity contribution in [3.05, 3.63) is 33.8 Å². The van der Waals surface area contributed by atoms with Crippen LogP contribution in [0.5, 0.6) is 5.88 Å². The lowest BCUT2D eigenvalue weighted by molar-refractivity contribution is -0.139. The van der Waals surface area contributed by atoms with Crippen LogP contribution in [0.25, 0.3) is 11.7 Å². The number of halogens is 2. The Morgan fingerprint density at radius 3 is 2.49 bits per heavy atom. The second-order valence-electron chi connectivity index (χ2n) is 10.3. The van der Waals surface area contributed by atoms with Gasteiger partial charge in [-0.05, 0) is 37.7 Å². The minimum Gasteiger partial charge on any atom is -0.492 e. The third-order valence-electron chi connectivity index (χ3n) is 6.95. The van der Waals surface area contributed by atoms with Crippen molar-refractivity contribution in [3.63, 3.8) is 0 Å². The van der Waals surface area contributed by atoms with E-state index in [0.717, 1.165) is 17.4 Å². The van der Waals surface area contributed by atoms with Crippen LogP contribution in [-0.2, 0) is 11.3 Å². The Kier molecular flexibility index (Phi) is 5.68. The summed E-state index contributed by atoms with van der Waals surface area (Å²) in [5, 5.41) is 17.7. The van der Waals surface area contributed by atoms with Gasteiger partial charge in [0.25, 0.3) is 17.4 Å². The molecule has 9 nitrogen and oxygen atoms in total. The summed E-state index contributed by atoms with van der Waals surface area (Å²) in [5.74, 6) is -4.28. The van der Waals surface area contributed by atoms with E-state index in [0.29, 0.717) is 18.4 Å². The number of amides is 2. The summed E-state index contributed by atoms with van der Waals surface area (Å²) in [6.07, 6.45) is 6.31. The molecular weight excluding hydrogens is 460 g/mol. The molecule has 2 aromatic rings. The maximum absolute atomic E-state index is 13.9. The molecule has 1 aliphatic carbocycles. The Bertz CT molecular complexity index is 1260. The van der Waals surface area contributed by atoms with Crippen LogP contribution in [-0.4, -0.2) is 60.1 Å². The van der Waals surface area contributed by atoms with E-state index in [1.165, 1.54) is 22.9 Å². The fraction of sp³-hybridized carbons (Fsp3) is 0.583. The zero-order valence-electron chi connectivity index (χ0n) is 19.7. The average molecular weight is 490 g/mol. The summed E-state index contributed by atoms with van der Waals surface area (Å²) in [6, 6.07) is -0.969. The normalized spacial score (nSPS) is 23.5. The van der Waals surface area contributed by atoms with E-state index in [1.807, 2.05) is 13.8 Å². The van der Waals surface area contributed by atoms with Crippen molar-refractivity contribution in [1.82, 2.24) is 24.4 Å². The summed E-state index contributed by atoms with van der Waals surface area (Å²) in [4.78, 5) is 40.5. The number of hydrogen-bond donors (Lipinski definition) is 2. The van der Waals surface area contributed by atoms with Gasteiger partial charge in [0.05, 0.1) is 6.20 Å². The van der Waals surface area contributed by atoms with Crippen LogP contribution in [0.4, 0.5) is 8.78 Å². The number of hydrogen-bond acceptors (Lipinski definition) is 5. The topological polar surface area (TPSA) is 109 Å². The molecule has 2 atom stereocenters. The molecule has 2 aromatic heterocycles. The second kappa shape index (κ2) is 8.46. The van der Waals surface area contributed by atoms with Gasteiger partial charge in [0.2, 0.25) is 11.8 Å². The number of piperidine rings is 1. The largest absolute Gasteiger partial charge is 0.492 e. The van der Waals surface area contributed by atoms with Gasteiger partial charge in [-0.15, -0.1) is 0 Å². The smallest absolute Gasteiger partial charge is 0.270 e. The highest BCUT2D eigenvalue weighted by Gasteiger charge is 2.50. The fourth-order valence-electron chi connectivity index (χ4n) is 5.29. The molecule has 3 aliphatic rings. The number of nitrogens with zero attached hydrogens (tertiary/aromatic N) is 4. The number of alkyl halides is 2.